The third-order valence-corrected chi connectivity index (χ3v) is 3.62. The predicted octanol–water partition coefficient (Wildman–Crippen LogP) is 2.22. The van der Waals surface area contributed by atoms with Crippen molar-refractivity contribution in [2.75, 3.05) is 0 Å². The van der Waals surface area contributed by atoms with Gasteiger partial charge in [0.05, 0.1) is 0 Å². The molecule has 0 saturated heterocycles. The van der Waals surface area contributed by atoms with Gasteiger partial charge in [-0.15, -0.1) is 0 Å². The lowest BCUT2D eigenvalue weighted by molar-refractivity contribution is 0.543. The van der Waals surface area contributed by atoms with E-state index in [9.17, 15) is 9.59 Å². The van der Waals surface area contributed by atoms with Crippen LogP contribution in [0.1, 0.15) is 23.9 Å². The molecule has 0 fully saturated rings. The van der Waals surface area contributed by atoms with Gasteiger partial charge in [0.2, 0.25) is 5.71 Å². The maximum absolute atomic E-state index is 12.2. The van der Waals surface area contributed by atoms with E-state index in [0.717, 1.165) is 12.0 Å². The molecule has 112 valence electrons. The molecule has 5 heteroatoms. The number of benzene rings is 1. The number of fused-ring (bicyclic) bond motifs is 1. The lowest BCUT2D eigenvalue weighted by Gasteiger charge is -2.05. The zero-order valence-electron chi connectivity index (χ0n) is 12.3. The molecule has 0 spiro atoms. The molecule has 5 nitrogen and oxygen atoms in total. The van der Waals surface area contributed by atoms with E-state index < -0.39 is 5.63 Å². The van der Waals surface area contributed by atoms with Crippen LogP contribution in [-0.4, -0.2) is 9.97 Å². The Morgan fingerprint density at radius 3 is 2.64 bits per heavy atom. The van der Waals surface area contributed by atoms with Gasteiger partial charge in [-0.25, -0.2) is 4.79 Å². The van der Waals surface area contributed by atoms with Crippen LogP contribution in [0.15, 0.2) is 50.4 Å². The molecule has 3 aromatic rings. The summed E-state index contributed by atoms with van der Waals surface area (Å²) >= 11 is 0. The Morgan fingerprint density at radius 2 is 1.91 bits per heavy atom. The Hall–Kier alpha value is -2.69. The first-order valence-corrected chi connectivity index (χ1v) is 7.27. The molecule has 0 radical (unpaired) electrons. The third kappa shape index (κ3) is 2.83. The average Bonchev–Trinajstić information content (AvgIpc) is 2.52. The lowest BCUT2D eigenvalue weighted by Crippen LogP contribution is -2.16. The molecule has 0 aliphatic heterocycles. The second-order valence-corrected chi connectivity index (χ2v) is 5.12. The van der Waals surface area contributed by atoms with Crippen molar-refractivity contribution < 1.29 is 4.42 Å². The number of rotatable bonds is 4. The molecule has 0 aliphatic rings. The first kappa shape index (κ1) is 14.3. The highest BCUT2D eigenvalue weighted by Crippen LogP contribution is 2.12. The molecular weight excluding hydrogens is 280 g/mol. The largest absolute Gasteiger partial charge is 0.403 e. The second kappa shape index (κ2) is 5.97. The number of aromatic amines is 1. The van der Waals surface area contributed by atoms with Gasteiger partial charge in [0.25, 0.3) is 5.56 Å². The number of aryl methyl sites for hydroxylation is 3. The van der Waals surface area contributed by atoms with Crippen LogP contribution in [0, 0.1) is 0 Å². The Bertz CT molecular complexity index is 911. The minimum atomic E-state index is -0.476. The van der Waals surface area contributed by atoms with Crippen molar-refractivity contribution in [2.45, 2.75) is 26.2 Å². The monoisotopic (exact) mass is 296 g/mol. The highest BCUT2D eigenvalue weighted by Gasteiger charge is 2.11. The van der Waals surface area contributed by atoms with Gasteiger partial charge in [-0.05, 0) is 24.0 Å². The summed E-state index contributed by atoms with van der Waals surface area (Å²) < 4.78 is 5.09. The summed E-state index contributed by atoms with van der Waals surface area (Å²) in [7, 11) is 0. The Kier molecular flexibility index (Phi) is 3.87. The standard InChI is InChI=1S/C17H16N2O3/c1-2-12-10-14(20)22-17-15(12)16(21)18-13(19-17)9-8-11-6-4-3-5-7-11/h3-7,10H,2,8-9H2,1H3,(H,18,19,21). The molecule has 0 amide bonds. The van der Waals surface area contributed by atoms with Gasteiger partial charge >= 0.3 is 5.63 Å². The maximum Gasteiger partial charge on any atom is 0.337 e. The van der Waals surface area contributed by atoms with Gasteiger partial charge in [0.15, 0.2) is 0 Å². The molecule has 0 aliphatic carbocycles. The van der Waals surface area contributed by atoms with Crippen molar-refractivity contribution in [1.82, 2.24) is 9.97 Å². The Labute approximate surface area is 126 Å². The highest BCUT2D eigenvalue weighted by atomic mass is 16.4. The summed E-state index contributed by atoms with van der Waals surface area (Å²) in [5, 5.41) is 0.366. The van der Waals surface area contributed by atoms with Crippen LogP contribution < -0.4 is 11.2 Å². The van der Waals surface area contributed by atoms with E-state index in [4.69, 9.17) is 4.42 Å². The van der Waals surface area contributed by atoms with Crippen LogP contribution in [0.2, 0.25) is 0 Å². The van der Waals surface area contributed by atoms with Gasteiger partial charge in [0, 0.05) is 12.5 Å². The summed E-state index contributed by atoms with van der Waals surface area (Å²) in [5.41, 5.74) is 1.21. The lowest BCUT2D eigenvalue weighted by atomic mass is 10.1. The average molecular weight is 296 g/mol. The fraction of sp³-hybridized carbons (Fsp3) is 0.235. The summed E-state index contributed by atoms with van der Waals surface area (Å²) in [6.07, 6.45) is 1.92. The van der Waals surface area contributed by atoms with Crippen LogP contribution in [0.5, 0.6) is 0 Å². The van der Waals surface area contributed by atoms with E-state index in [1.54, 1.807) is 0 Å². The van der Waals surface area contributed by atoms with E-state index in [1.807, 2.05) is 37.3 Å². The zero-order valence-corrected chi connectivity index (χ0v) is 12.3. The first-order chi connectivity index (χ1) is 10.7. The molecular formula is C17H16N2O3. The normalized spacial score (nSPS) is 11.0. The van der Waals surface area contributed by atoms with Gasteiger partial charge < -0.3 is 9.40 Å². The number of hydrogen-bond donors (Lipinski definition) is 1. The molecule has 0 bridgehead atoms. The smallest absolute Gasteiger partial charge is 0.337 e. The van der Waals surface area contributed by atoms with Crippen molar-refractivity contribution >= 4 is 11.1 Å². The van der Waals surface area contributed by atoms with Crippen molar-refractivity contribution in [3.05, 3.63) is 74.1 Å². The molecule has 1 aromatic carbocycles. The number of hydrogen-bond acceptors (Lipinski definition) is 4. The number of H-pyrrole nitrogens is 1. The van der Waals surface area contributed by atoms with Gasteiger partial charge in [-0.3, -0.25) is 4.79 Å². The highest BCUT2D eigenvalue weighted by molar-refractivity contribution is 5.75. The van der Waals surface area contributed by atoms with Crippen molar-refractivity contribution in [2.24, 2.45) is 0 Å². The summed E-state index contributed by atoms with van der Waals surface area (Å²) in [4.78, 5) is 30.9. The number of nitrogens with one attached hydrogen (secondary N) is 1. The van der Waals surface area contributed by atoms with Crippen LogP contribution in [0.3, 0.4) is 0 Å². The molecule has 0 unspecified atom stereocenters. The van der Waals surface area contributed by atoms with Crippen LogP contribution >= 0.6 is 0 Å². The molecule has 2 heterocycles. The second-order valence-electron chi connectivity index (χ2n) is 5.12. The minimum Gasteiger partial charge on any atom is -0.403 e. The fourth-order valence-electron chi connectivity index (χ4n) is 2.50. The SMILES string of the molecule is CCc1cc(=O)oc2nc(CCc3ccccc3)[nH]c(=O)c12. The quantitative estimate of drug-likeness (QED) is 0.801. The first-order valence-electron chi connectivity index (χ1n) is 7.27. The Morgan fingerprint density at radius 1 is 1.14 bits per heavy atom. The third-order valence-electron chi connectivity index (χ3n) is 3.62. The van der Waals surface area contributed by atoms with Crippen LogP contribution in [-0.2, 0) is 19.3 Å². The topological polar surface area (TPSA) is 76.0 Å². The molecule has 22 heavy (non-hydrogen) atoms. The van der Waals surface area contributed by atoms with Crippen molar-refractivity contribution in [3.8, 4) is 0 Å². The van der Waals surface area contributed by atoms with E-state index in [1.165, 1.54) is 6.07 Å². The van der Waals surface area contributed by atoms with E-state index >= 15 is 0 Å². The van der Waals surface area contributed by atoms with E-state index in [-0.39, 0.29) is 11.3 Å². The van der Waals surface area contributed by atoms with E-state index in [0.29, 0.717) is 29.6 Å². The summed E-state index contributed by atoms with van der Waals surface area (Å²) in [6.45, 7) is 1.89. The predicted molar refractivity (Wildman–Crippen MR) is 84.1 cm³/mol. The summed E-state index contributed by atoms with van der Waals surface area (Å²) in [6, 6.07) is 11.3. The van der Waals surface area contributed by atoms with Crippen molar-refractivity contribution in [3.63, 3.8) is 0 Å². The van der Waals surface area contributed by atoms with Gasteiger partial charge in [-0.1, -0.05) is 37.3 Å². The molecule has 2 aromatic heterocycles. The Balaban J connectivity index is 1.99. The molecule has 3 rings (SSSR count). The maximum atomic E-state index is 12.2. The molecule has 1 N–H and O–H groups in total. The van der Waals surface area contributed by atoms with Crippen LogP contribution in [0.4, 0.5) is 0 Å². The number of nitrogens with zero attached hydrogens (tertiary/aromatic N) is 1. The van der Waals surface area contributed by atoms with Gasteiger partial charge in [-0.2, -0.15) is 4.98 Å². The summed E-state index contributed by atoms with van der Waals surface area (Å²) in [5.74, 6) is 0.526. The molecule has 0 atom stereocenters. The molecule has 0 saturated carbocycles. The van der Waals surface area contributed by atoms with Gasteiger partial charge in [0.1, 0.15) is 11.2 Å². The minimum absolute atomic E-state index is 0.121. The fourth-order valence-corrected chi connectivity index (χ4v) is 2.50. The zero-order chi connectivity index (χ0) is 15.5. The number of aromatic nitrogens is 2. The van der Waals surface area contributed by atoms with Crippen LogP contribution in [0.25, 0.3) is 11.1 Å². The van der Waals surface area contributed by atoms with E-state index in [2.05, 4.69) is 9.97 Å². The van der Waals surface area contributed by atoms with Crippen molar-refractivity contribution in [1.29, 1.82) is 0 Å².